The van der Waals surface area contributed by atoms with Gasteiger partial charge in [0, 0.05) is 52.7 Å². The quantitative estimate of drug-likeness (QED) is 0.329. The van der Waals surface area contributed by atoms with Gasteiger partial charge in [0.2, 0.25) is 0 Å². The summed E-state index contributed by atoms with van der Waals surface area (Å²) >= 11 is 0. The molecular formula is C21H36FIN4OS. The Morgan fingerprint density at radius 3 is 2.72 bits per heavy atom. The Morgan fingerprint density at radius 1 is 1.38 bits per heavy atom. The second-order valence-electron chi connectivity index (χ2n) is 8.28. The summed E-state index contributed by atoms with van der Waals surface area (Å²) in [6, 6.07) is 5.26. The van der Waals surface area contributed by atoms with E-state index in [1.165, 1.54) is 6.07 Å². The lowest BCUT2D eigenvalue weighted by Crippen LogP contribution is -2.51. The molecule has 1 fully saturated rings. The standard InChI is InChI=1S/C21H35FN4OS.HI/c1-6-23-20(24-11-13-28(27)21(3,4)5)25-18-8-7-12-26(15-18)19-10-9-17(22)14-16(19)2;/h9-10,14,18H,6-8,11-13,15H2,1-5H3,(H2,23,24,25);1H. The van der Waals surface area contributed by atoms with Crippen molar-refractivity contribution in [1.82, 2.24) is 10.6 Å². The van der Waals surface area contributed by atoms with Crippen LogP contribution in [0.2, 0.25) is 0 Å². The normalized spacial score (nSPS) is 18.8. The number of benzene rings is 1. The number of guanidine groups is 1. The van der Waals surface area contributed by atoms with E-state index < -0.39 is 10.8 Å². The third kappa shape index (κ3) is 8.39. The van der Waals surface area contributed by atoms with Crippen LogP contribution in [-0.4, -0.2) is 52.9 Å². The molecule has 2 unspecified atom stereocenters. The molecule has 166 valence electrons. The van der Waals surface area contributed by atoms with Gasteiger partial charge in [-0.3, -0.25) is 9.20 Å². The van der Waals surface area contributed by atoms with E-state index in [4.69, 9.17) is 0 Å². The fourth-order valence-electron chi connectivity index (χ4n) is 3.35. The van der Waals surface area contributed by atoms with Gasteiger partial charge in [-0.25, -0.2) is 4.39 Å². The van der Waals surface area contributed by atoms with E-state index >= 15 is 0 Å². The summed E-state index contributed by atoms with van der Waals surface area (Å²) in [5.74, 6) is 1.14. The molecule has 0 saturated carbocycles. The zero-order valence-corrected chi connectivity index (χ0v) is 21.4. The molecule has 2 rings (SSSR count). The molecule has 1 aliphatic rings. The Labute approximate surface area is 194 Å². The topological polar surface area (TPSA) is 56.7 Å². The van der Waals surface area contributed by atoms with Crippen molar-refractivity contribution in [3.8, 4) is 0 Å². The van der Waals surface area contributed by atoms with Crippen LogP contribution in [0.5, 0.6) is 0 Å². The van der Waals surface area contributed by atoms with Gasteiger partial charge in [-0.1, -0.05) is 0 Å². The lowest BCUT2D eigenvalue weighted by molar-refractivity contribution is 0.467. The van der Waals surface area contributed by atoms with Gasteiger partial charge in [-0.05, 0) is 71.2 Å². The number of halogens is 2. The van der Waals surface area contributed by atoms with Crippen molar-refractivity contribution in [2.24, 2.45) is 4.99 Å². The Morgan fingerprint density at radius 2 is 2.10 bits per heavy atom. The lowest BCUT2D eigenvalue weighted by Gasteiger charge is -2.36. The molecule has 2 atom stereocenters. The van der Waals surface area contributed by atoms with Crippen LogP contribution in [-0.2, 0) is 10.8 Å². The van der Waals surface area contributed by atoms with Gasteiger partial charge in [0.1, 0.15) is 5.82 Å². The zero-order chi connectivity index (χ0) is 20.7. The van der Waals surface area contributed by atoms with Crippen LogP contribution in [0.1, 0.15) is 46.1 Å². The minimum Gasteiger partial charge on any atom is -0.369 e. The highest BCUT2D eigenvalue weighted by Crippen LogP contribution is 2.24. The first-order valence-electron chi connectivity index (χ1n) is 10.1. The molecule has 0 aromatic heterocycles. The van der Waals surface area contributed by atoms with E-state index in [0.29, 0.717) is 12.3 Å². The predicted molar refractivity (Wildman–Crippen MR) is 134 cm³/mol. The maximum atomic E-state index is 13.4. The van der Waals surface area contributed by atoms with Crippen LogP contribution < -0.4 is 15.5 Å². The summed E-state index contributed by atoms with van der Waals surface area (Å²) in [6.07, 6.45) is 2.14. The van der Waals surface area contributed by atoms with Crippen molar-refractivity contribution in [2.75, 3.05) is 36.8 Å². The smallest absolute Gasteiger partial charge is 0.191 e. The summed E-state index contributed by atoms with van der Waals surface area (Å²) in [6.45, 7) is 13.1. The summed E-state index contributed by atoms with van der Waals surface area (Å²) < 4.78 is 25.4. The first-order valence-corrected chi connectivity index (χ1v) is 11.5. The van der Waals surface area contributed by atoms with E-state index in [2.05, 4.69) is 20.5 Å². The molecule has 1 aromatic rings. The molecule has 2 N–H and O–H groups in total. The van der Waals surface area contributed by atoms with Crippen LogP contribution in [0.25, 0.3) is 0 Å². The second-order valence-corrected chi connectivity index (χ2v) is 10.6. The van der Waals surface area contributed by atoms with Crippen molar-refractivity contribution >= 4 is 46.4 Å². The maximum Gasteiger partial charge on any atom is 0.191 e. The van der Waals surface area contributed by atoms with Gasteiger partial charge < -0.3 is 15.5 Å². The molecule has 0 radical (unpaired) electrons. The number of aliphatic imine (C=N–C) groups is 1. The highest BCUT2D eigenvalue weighted by molar-refractivity contribution is 14.0. The van der Waals surface area contributed by atoms with Crippen molar-refractivity contribution in [1.29, 1.82) is 0 Å². The molecule has 1 aromatic carbocycles. The van der Waals surface area contributed by atoms with E-state index in [0.717, 1.165) is 49.7 Å². The Balaban J connectivity index is 0.00000420. The summed E-state index contributed by atoms with van der Waals surface area (Å²) in [4.78, 5) is 6.93. The Bertz CT molecular complexity index is 708. The molecule has 1 aliphatic heterocycles. The molecule has 0 spiro atoms. The molecule has 8 heteroatoms. The van der Waals surface area contributed by atoms with E-state index in [-0.39, 0.29) is 40.6 Å². The van der Waals surface area contributed by atoms with Crippen LogP contribution in [0.15, 0.2) is 23.2 Å². The van der Waals surface area contributed by atoms with Crippen molar-refractivity contribution in [3.05, 3.63) is 29.6 Å². The summed E-state index contributed by atoms with van der Waals surface area (Å²) in [5, 5.41) is 6.81. The van der Waals surface area contributed by atoms with E-state index in [9.17, 15) is 8.60 Å². The number of nitrogens with zero attached hydrogens (tertiary/aromatic N) is 2. The average Bonchev–Trinajstić information content (AvgIpc) is 2.61. The first kappa shape index (κ1) is 26.1. The molecule has 29 heavy (non-hydrogen) atoms. The third-order valence-electron chi connectivity index (χ3n) is 4.84. The molecule has 1 heterocycles. The summed E-state index contributed by atoms with van der Waals surface area (Å²) in [5.41, 5.74) is 2.06. The minimum atomic E-state index is -0.901. The van der Waals surface area contributed by atoms with Gasteiger partial charge in [0.15, 0.2) is 5.96 Å². The predicted octanol–water partition coefficient (Wildman–Crippen LogP) is 3.82. The van der Waals surface area contributed by atoms with Gasteiger partial charge in [0.25, 0.3) is 0 Å². The summed E-state index contributed by atoms with van der Waals surface area (Å²) in [7, 11) is -0.901. The number of hydrogen-bond donors (Lipinski definition) is 2. The SMILES string of the molecule is CCNC(=NCCS(=O)C(C)(C)C)NC1CCCN(c2ccc(F)cc2C)C1.I. The fraction of sp³-hybridized carbons (Fsp3) is 0.667. The number of anilines is 1. The first-order chi connectivity index (χ1) is 13.2. The largest absolute Gasteiger partial charge is 0.369 e. The minimum absolute atomic E-state index is 0. The molecule has 0 amide bonds. The number of piperidine rings is 1. The fourth-order valence-corrected chi connectivity index (χ4v) is 4.22. The number of rotatable bonds is 6. The monoisotopic (exact) mass is 538 g/mol. The number of hydrogen-bond acceptors (Lipinski definition) is 3. The van der Waals surface area contributed by atoms with Gasteiger partial charge in [0.05, 0.1) is 6.54 Å². The molecule has 5 nitrogen and oxygen atoms in total. The average molecular weight is 539 g/mol. The van der Waals surface area contributed by atoms with Crippen LogP contribution in [0, 0.1) is 12.7 Å². The number of nitrogens with one attached hydrogen (secondary N) is 2. The van der Waals surface area contributed by atoms with Crippen molar-refractivity contribution in [3.63, 3.8) is 0 Å². The second kappa shape index (κ2) is 12.1. The molecule has 0 bridgehead atoms. The van der Waals surface area contributed by atoms with Gasteiger partial charge >= 0.3 is 0 Å². The zero-order valence-electron chi connectivity index (χ0n) is 18.3. The highest BCUT2D eigenvalue weighted by Gasteiger charge is 2.22. The van der Waals surface area contributed by atoms with Gasteiger partial charge in [-0.2, -0.15) is 0 Å². The van der Waals surface area contributed by atoms with Crippen LogP contribution >= 0.6 is 24.0 Å². The highest BCUT2D eigenvalue weighted by atomic mass is 127. The van der Waals surface area contributed by atoms with Crippen molar-refractivity contribution in [2.45, 2.75) is 58.2 Å². The van der Waals surface area contributed by atoms with Crippen molar-refractivity contribution < 1.29 is 8.60 Å². The van der Waals surface area contributed by atoms with Crippen LogP contribution in [0.4, 0.5) is 10.1 Å². The lowest BCUT2D eigenvalue weighted by atomic mass is 10.0. The maximum absolute atomic E-state index is 13.4. The number of aryl methyl sites for hydroxylation is 1. The molecule has 1 saturated heterocycles. The van der Waals surface area contributed by atoms with E-state index in [1.807, 2.05) is 40.7 Å². The molecular weight excluding hydrogens is 502 g/mol. The van der Waals surface area contributed by atoms with Gasteiger partial charge in [-0.15, -0.1) is 24.0 Å². The Kier molecular flexibility index (Phi) is 10.9. The Hall–Kier alpha value is -0.900. The van der Waals surface area contributed by atoms with E-state index in [1.54, 1.807) is 6.07 Å². The third-order valence-corrected chi connectivity index (χ3v) is 6.75. The molecule has 0 aliphatic carbocycles. The van der Waals surface area contributed by atoms with Crippen LogP contribution in [0.3, 0.4) is 0 Å².